The molecule has 1 aliphatic carbocycles. The minimum absolute atomic E-state index is 0.112. The van der Waals surface area contributed by atoms with Gasteiger partial charge in [0.05, 0.1) is 0 Å². The number of piperidine rings is 1. The monoisotopic (exact) mass is 745 g/mol. The first kappa shape index (κ1) is 42.4. The van der Waals surface area contributed by atoms with E-state index >= 15 is 0 Å². The Kier molecular flexibility index (Phi) is 16.2. The molecule has 1 aromatic heterocycles. The van der Waals surface area contributed by atoms with Crippen LogP contribution in [0.5, 0.6) is 0 Å². The maximum absolute atomic E-state index is 14.1. The highest BCUT2D eigenvalue weighted by Gasteiger charge is 2.38. The average Bonchev–Trinajstić information content (AvgIpc) is 3.13. The fourth-order valence-corrected chi connectivity index (χ4v) is 6.66. The summed E-state index contributed by atoms with van der Waals surface area (Å²) >= 11 is 0. The number of rotatable bonds is 12. The summed E-state index contributed by atoms with van der Waals surface area (Å²) in [4.78, 5) is 69.3. The second-order valence-corrected chi connectivity index (χ2v) is 13.4. The molecule has 2 fully saturated rings. The molecule has 5 N–H and O–H groups in total. The van der Waals surface area contributed by atoms with Gasteiger partial charge in [-0.1, -0.05) is 43.5 Å². The molecule has 1 saturated carbocycles. The molecule has 0 spiro atoms. The zero-order valence-electron chi connectivity index (χ0n) is 30.4. The number of hydrogen-bond donors (Lipinski definition) is 4. The second kappa shape index (κ2) is 20.3. The highest BCUT2D eigenvalue weighted by molar-refractivity contribution is 6.02. The third-order valence-corrected chi connectivity index (χ3v) is 9.44. The minimum Gasteiger partial charge on any atom is -0.542 e. The first-order valence-corrected chi connectivity index (χ1v) is 17.8. The minimum atomic E-state index is -5.19. The number of aryl methyl sites for hydroxylation is 1. The number of aliphatic carboxylic acids is 1. The van der Waals surface area contributed by atoms with E-state index in [1.807, 2.05) is 60.4 Å². The molecule has 4 amide bonds. The van der Waals surface area contributed by atoms with Gasteiger partial charge in [-0.2, -0.15) is 13.2 Å². The summed E-state index contributed by atoms with van der Waals surface area (Å²) in [5.74, 6) is -5.17. The number of amides is 4. The maximum atomic E-state index is 14.1. The number of nitrogens with two attached hydrogens (primary N) is 1. The predicted molar refractivity (Wildman–Crippen MR) is 188 cm³/mol. The van der Waals surface area contributed by atoms with E-state index in [2.05, 4.69) is 20.9 Å². The maximum Gasteiger partial charge on any atom is 0.430 e. The van der Waals surface area contributed by atoms with E-state index in [-0.39, 0.29) is 24.7 Å². The molecule has 3 atom stereocenters. The van der Waals surface area contributed by atoms with Crippen LogP contribution >= 0.6 is 0 Å². The predicted octanol–water partition coefficient (Wildman–Crippen LogP) is 0.855. The van der Waals surface area contributed by atoms with Gasteiger partial charge in [0.15, 0.2) is 12.4 Å². The summed E-state index contributed by atoms with van der Waals surface area (Å²) < 4.78 is 33.4. The number of primary amides is 1. The number of nitrogens with zero attached hydrogens (tertiary/aromatic N) is 3. The summed E-state index contributed by atoms with van der Waals surface area (Å²) in [5, 5.41) is 17.7. The van der Waals surface area contributed by atoms with Gasteiger partial charge in [0.1, 0.15) is 36.9 Å². The van der Waals surface area contributed by atoms with Crippen molar-refractivity contribution in [3.05, 3.63) is 65.5 Å². The van der Waals surface area contributed by atoms with Gasteiger partial charge >= 0.3 is 6.18 Å². The molecule has 0 bridgehead atoms. The summed E-state index contributed by atoms with van der Waals surface area (Å²) in [6, 6.07) is 9.57. The van der Waals surface area contributed by atoms with Crippen molar-refractivity contribution in [1.82, 2.24) is 20.9 Å². The number of carboxylic acid groups (broad SMARTS) is 1. The van der Waals surface area contributed by atoms with E-state index in [0.717, 1.165) is 73.9 Å². The first-order valence-electron chi connectivity index (χ1n) is 17.8. The van der Waals surface area contributed by atoms with Gasteiger partial charge in [0.2, 0.25) is 23.6 Å². The van der Waals surface area contributed by atoms with E-state index in [0.29, 0.717) is 13.1 Å². The number of alkyl halides is 3. The number of carbonyl (C=O) groups excluding carboxylic acids is 5. The molecule has 1 unspecified atom stereocenters. The van der Waals surface area contributed by atoms with Crippen LogP contribution in [0, 0.1) is 11.8 Å². The largest absolute Gasteiger partial charge is 0.542 e. The number of amidine groups is 1. The fraction of sp³-hybridized carbons (Fsp3) is 0.541. The molecule has 1 aromatic carbocycles. The van der Waals surface area contributed by atoms with Gasteiger partial charge in [-0.05, 0) is 56.1 Å². The van der Waals surface area contributed by atoms with Crippen LogP contribution in [-0.4, -0.2) is 85.8 Å². The van der Waals surface area contributed by atoms with Crippen molar-refractivity contribution in [2.24, 2.45) is 29.6 Å². The normalized spacial score (nSPS) is 16.9. The number of halogens is 3. The number of aromatic nitrogens is 1. The van der Waals surface area contributed by atoms with Gasteiger partial charge in [-0.3, -0.25) is 24.2 Å². The summed E-state index contributed by atoms with van der Waals surface area (Å²) in [6.45, 7) is 1.23. The highest BCUT2D eigenvalue weighted by atomic mass is 19.4. The molecule has 2 aromatic rings. The Labute approximate surface area is 307 Å². The van der Waals surface area contributed by atoms with Crippen LogP contribution in [0.25, 0.3) is 0 Å². The van der Waals surface area contributed by atoms with Crippen LogP contribution < -0.4 is 31.4 Å². The van der Waals surface area contributed by atoms with Crippen molar-refractivity contribution < 1.29 is 46.8 Å². The lowest BCUT2D eigenvalue weighted by atomic mass is 9.83. The first-order chi connectivity index (χ1) is 25.1. The number of likely N-dealkylation sites (tertiary alicyclic amines) is 1. The van der Waals surface area contributed by atoms with Crippen molar-refractivity contribution >= 4 is 35.4 Å². The third-order valence-electron chi connectivity index (χ3n) is 9.44. The Morgan fingerprint density at radius 3 is 2.06 bits per heavy atom. The molecule has 1 saturated heterocycles. The number of aliphatic imine (C=N–C) groups is 1. The number of nitrogens with one attached hydrogen (secondary N) is 3. The van der Waals surface area contributed by atoms with Gasteiger partial charge in [-0.25, -0.2) is 4.57 Å². The number of benzene rings is 1. The van der Waals surface area contributed by atoms with E-state index in [1.165, 1.54) is 0 Å². The molecule has 290 valence electrons. The topological polar surface area (TPSA) is 190 Å². The molecule has 13 nitrogen and oxygen atoms in total. The molecule has 0 radical (unpaired) electrons. The third kappa shape index (κ3) is 13.2. The molecular formula is C37H50F3N7O6. The number of pyridine rings is 1. The van der Waals surface area contributed by atoms with Crippen molar-refractivity contribution in [2.45, 2.75) is 82.5 Å². The summed E-state index contributed by atoms with van der Waals surface area (Å²) in [5.41, 5.74) is 8.33. The van der Waals surface area contributed by atoms with Crippen LogP contribution in [0.4, 0.5) is 13.2 Å². The zero-order chi connectivity index (χ0) is 39.1. The average molecular weight is 746 g/mol. The smallest absolute Gasteiger partial charge is 0.430 e. The van der Waals surface area contributed by atoms with Gasteiger partial charge in [0, 0.05) is 50.8 Å². The van der Waals surface area contributed by atoms with Crippen LogP contribution in [0.1, 0.15) is 68.1 Å². The summed E-state index contributed by atoms with van der Waals surface area (Å²) in [7, 11) is 5.40. The van der Waals surface area contributed by atoms with Gasteiger partial charge < -0.3 is 36.5 Å². The van der Waals surface area contributed by atoms with Crippen LogP contribution in [0.15, 0.2) is 53.8 Å². The molecule has 2 aliphatic rings. The molecule has 4 rings (SSSR count). The molecular weight excluding hydrogens is 695 g/mol. The van der Waals surface area contributed by atoms with Crippen LogP contribution in [0.3, 0.4) is 0 Å². The lowest BCUT2D eigenvalue weighted by molar-refractivity contribution is -0.671. The van der Waals surface area contributed by atoms with Gasteiger partial charge in [0.25, 0.3) is 0 Å². The Balaban J connectivity index is 0.000000980. The standard InChI is InChI=1S/C35H49N7O4.C2HF3O2/c1-37-32(38-2)27-16-14-24(15-17-27)21-28(35(46)42-19-8-5-9-20-42)33(44)40-30(26-12-6-4-7-13-26)34(45)39-29(31(36)43)22-25-11-10-18-41(3)23-25;3-2(4,5)1(6)7/h10-11,14-18,23,26,28-30H,4-9,12-13,19-22H2,1-3H3,(H4-,36,37,38,39,40,43,44,45);(H,6,7)/t28?,29-,30-;/m0./s1. The molecule has 1 aliphatic heterocycles. The Morgan fingerprint density at radius 1 is 0.925 bits per heavy atom. The lowest BCUT2D eigenvalue weighted by Crippen LogP contribution is -2.58. The van der Waals surface area contributed by atoms with E-state index in [4.69, 9.17) is 15.6 Å². The van der Waals surface area contributed by atoms with E-state index < -0.39 is 47.9 Å². The Morgan fingerprint density at radius 2 is 1.53 bits per heavy atom. The fourth-order valence-electron chi connectivity index (χ4n) is 6.66. The zero-order valence-corrected chi connectivity index (χ0v) is 30.4. The lowest BCUT2D eigenvalue weighted by Gasteiger charge is -2.33. The van der Waals surface area contributed by atoms with Crippen LogP contribution in [-0.2, 0) is 43.9 Å². The number of carbonyl (C=O) groups is 5. The van der Waals surface area contributed by atoms with E-state index in [1.54, 1.807) is 19.0 Å². The van der Waals surface area contributed by atoms with E-state index in [9.17, 15) is 32.3 Å². The number of hydrogen-bond acceptors (Lipinski definition) is 7. The van der Waals surface area contributed by atoms with Gasteiger partial charge in [-0.15, -0.1) is 0 Å². The highest BCUT2D eigenvalue weighted by Crippen LogP contribution is 2.28. The SMILES string of the molecule is CN=C(NC)c1ccc(CC(C(=O)N[C@H](C(=O)N[C@@H](Cc2ccc[n+](C)c2)C(N)=O)C2CCCCC2)C(=O)N2CCCCC2)cc1.O=C([O-])C(F)(F)F. The second-order valence-electron chi connectivity index (χ2n) is 13.4. The Bertz CT molecular complexity index is 1590. The molecule has 53 heavy (non-hydrogen) atoms. The quantitative estimate of drug-likeness (QED) is 0.107. The summed E-state index contributed by atoms with van der Waals surface area (Å²) in [6.07, 6.45) is 6.35. The van der Waals surface area contributed by atoms with Crippen LogP contribution in [0.2, 0.25) is 0 Å². The van der Waals surface area contributed by atoms with Crippen molar-refractivity contribution in [3.8, 4) is 0 Å². The number of carboxylic acids is 1. The molecule has 2 heterocycles. The van der Waals surface area contributed by atoms with Crippen molar-refractivity contribution in [1.29, 1.82) is 0 Å². The Hall–Kier alpha value is -5.02. The molecule has 16 heteroatoms. The van der Waals surface area contributed by atoms with Crippen molar-refractivity contribution in [3.63, 3.8) is 0 Å². The van der Waals surface area contributed by atoms with Crippen molar-refractivity contribution in [2.75, 3.05) is 27.2 Å².